The third-order valence-electron chi connectivity index (χ3n) is 2.94. The summed E-state index contributed by atoms with van der Waals surface area (Å²) in [5.74, 6) is 0.449. The van der Waals surface area contributed by atoms with Crippen molar-refractivity contribution < 1.29 is 0 Å². The summed E-state index contributed by atoms with van der Waals surface area (Å²) in [7, 11) is 0. The zero-order chi connectivity index (χ0) is 13.4. The number of nitrogen functional groups attached to an aromatic ring is 1. The van der Waals surface area contributed by atoms with E-state index in [2.05, 4.69) is 9.97 Å². The first-order chi connectivity index (χ1) is 9.18. The number of benzene rings is 2. The van der Waals surface area contributed by atoms with Crippen molar-refractivity contribution in [2.24, 2.45) is 0 Å². The highest BCUT2D eigenvalue weighted by atomic mass is 35.5. The molecule has 0 aliphatic rings. The lowest BCUT2D eigenvalue weighted by atomic mass is 10.0. The van der Waals surface area contributed by atoms with Crippen molar-refractivity contribution >= 4 is 39.9 Å². The lowest BCUT2D eigenvalue weighted by molar-refractivity contribution is 1.23. The lowest BCUT2D eigenvalue weighted by Gasteiger charge is -2.09. The first kappa shape index (κ1) is 12.2. The van der Waals surface area contributed by atoms with Gasteiger partial charge in [-0.05, 0) is 12.1 Å². The summed E-state index contributed by atoms with van der Waals surface area (Å²) in [5.41, 5.74) is 8.34. The maximum absolute atomic E-state index is 6.26. The number of hydrogen-bond donors (Lipinski definition) is 1. The predicted molar refractivity (Wildman–Crippen MR) is 79.4 cm³/mol. The fourth-order valence-corrected chi connectivity index (χ4v) is 2.44. The van der Waals surface area contributed by atoms with Gasteiger partial charge in [0.2, 0.25) is 0 Å². The summed E-state index contributed by atoms with van der Waals surface area (Å²) in [5, 5.41) is 1.82. The SMILES string of the molecule is Nc1ncnc2c(-c3cccc(Cl)c3Cl)cccc12. The molecule has 0 bridgehead atoms. The van der Waals surface area contributed by atoms with Gasteiger partial charge in [0.05, 0.1) is 15.6 Å². The van der Waals surface area contributed by atoms with E-state index in [1.807, 2.05) is 30.3 Å². The van der Waals surface area contributed by atoms with Crippen LogP contribution < -0.4 is 5.73 Å². The largest absolute Gasteiger partial charge is 0.383 e. The van der Waals surface area contributed by atoms with Crippen molar-refractivity contribution in [1.82, 2.24) is 9.97 Å². The van der Waals surface area contributed by atoms with Crippen LogP contribution in [0, 0.1) is 0 Å². The highest BCUT2D eigenvalue weighted by molar-refractivity contribution is 6.43. The minimum atomic E-state index is 0.449. The van der Waals surface area contributed by atoms with Gasteiger partial charge in [-0.15, -0.1) is 0 Å². The molecule has 0 aliphatic carbocycles. The van der Waals surface area contributed by atoms with E-state index in [0.29, 0.717) is 15.9 Å². The quantitative estimate of drug-likeness (QED) is 0.731. The molecule has 3 nitrogen and oxygen atoms in total. The summed E-state index contributed by atoms with van der Waals surface area (Å²) in [6.45, 7) is 0. The van der Waals surface area contributed by atoms with Gasteiger partial charge in [-0.2, -0.15) is 0 Å². The van der Waals surface area contributed by atoms with E-state index >= 15 is 0 Å². The van der Waals surface area contributed by atoms with Crippen LogP contribution in [0.15, 0.2) is 42.7 Å². The van der Waals surface area contributed by atoms with Crippen molar-refractivity contribution in [2.45, 2.75) is 0 Å². The lowest BCUT2D eigenvalue weighted by Crippen LogP contribution is -1.94. The summed E-state index contributed by atoms with van der Waals surface area (Å²) in [6.07, 6.45) is 1.44. The average molecular weight is 290 g/mol. The minimum absolute atomic E-state index is 0.449. The molecule has 2 aromatic carbocycles. The Balaban J connectivity index is 2.37. The number of para-hydroxylation sites is 1. The van der Waals surface area contributed by atoms with Gasteiger partial charge in [0, 0.05) is 16.5 Å². The summed E-state index contributed by atoms with van der Waals surface area (Å²) >= 11 is 12.3. The molecule has 0 amide bonds. The highest BCUT2D eigenvalue weighted by Gasteiger charge is 2.11. The normalized spacial score (nSPS) is 10.8. The van der Waals surface area contributed by atoms with Crippen LogP contribution in [0.25, 0.3) is 22.0 Å². The summed E-state index contributed by atoms with van der Waals surface area (Å²) < 4.78 is 0. The molecule has 0 spiro atoms. The van der Waals surface area contributed by atoms with E-state index in [0.717, 1.165) is 22.0 Å². The average Bonchev–Trinajstić information content (AvgIpc) is 2.42. The van der Waals surface area contributed by atoms with Crippen LogP contribution >= 0.6 is 23.2 Å². The number of rotatable bonds is 1. The second-order valence-electron chi connectivity index (χ2n) is 4.06. The Hall–Kier alpha value is -1.84. The number of aromatic nitrogens is 2. The van der Waals surface area contributed by atoms with Gasteiger partial charge < -0.3 is 5.73 Å². The maximum atomic E-state index is 6.26. The van der Waals surface area contributed by atoms with Crippen molar-refractivity contribution in [1.29, 1.82) is 0 Å². The van der Waals surface area contributed by atoms with E-state index in [1.165, 1.54) is 6.33 Å². The molecule has 5 heteroatoms. The van der Waals surface area contributed by atoms with E-state index in [1.54, 1.807) is 6.07 Å². The van der Waals surface area contributed by atoms with Gasteiger partial charge in [-0.1, -0.05) is 47.5 Å². The Morgan fingerprint density at radius 1 is 0.895 bits per heavy atom. The van der Waals surface area contributed by atoms with Crippen molar-refractivity contribution in [3.05, 3.63) is 52.8 Å². The second-order valence-corrected chi connectivity index (χ2v) is 4.85. The second kappa shape index (κ2) is 4.68. The monoisotopic (exact) mass is 289 g/mol. The Labute approximate surface area is 120 Å². The molecule has 0 fully saturated rings. The number of anilines is 1. The smallest absolute Gasteiger partial charge is 0.134 e. The molecule has 19 heavy (non-hydrogen) atoms. The molecular weight excluding hydrogens is 281 g/mol. The van der Waals surface area contributed by atoms with Gasteiger partial charge in [0.25, 0.3) is 0 Å². The number of halogens is 2. The number of nitrogens with zero attached hydrogens (tertiary/aromatic N) is 2. The van der Waals surface area contributed by atoms with Gasteiger partial charge in [-0.25, -0.2) is 9.97 Å². The Morgan fingerprint density at radius 2 is 1.63 bits per heavy atom. The molecule has 94 valence electrons. The van der Waals surface area contributed by atoms with Crippen LogP contribution in [0.5, 0.6) is 0 Å². The van der Waals surface area contributed by atoms with Gasteiger partial charge in [-0.3, -0.25) is 0 Å². The molecule has 0 aliphatic heterocycles. The Kier molecular flexibility index (Phi) is 3.01. The first-order valence-electron chi connectivity index (χ1n) is 5.62. The maximum Gasteiger partial charge on any atom is 0.134 e. The molecule has 3 aromatic rings. The molecule has 0 unspecified atom stereocenters. The van der Waals surface area contributed by atoms with E-state index in [9.17, 15) is 0 Å². The minimum Gasteiger partial charge on any atom is -0.383 e. The van der Waals surface area contributed by atoms with Crippen LogP contribution in [-0.2, 0) is 0 Å². The van der Waals surface area contributed by atoms with Crippen LogP contribution in [0.2, 0.25) is 10.0 Å². The van der Waals surface area contributed by atoms with Crippen molar-refractivity contribution in [3.63, 3.8) is 0 Å². The molecule has 3 rings (SSSR count). The van der Waals surface area contributed by atoms with Crippen molar-refractivity contribution in [2.75, 3.05) is 5.73 Å². The summed E-state index contributed by atoms with van der Waals surface area (Å²) in [6, 6.07) is 11.2. The van der Waals surface area contributed by atoms with Gasteiger partial charge >= 0.3 is 0 Å². The molecule has 1 aromatic heterocycles. The molecular formula is C14H9Cl2N3. The zero-order valence-electron chi connectivity index (χ0n) is 9.77. The van der Waals surface area contributed by atoms with Crippen LogP contribution in [0.3, 0.4) is 0 Å². The Bertz CT molecular complexity index is 772. The highest BCUT2D eigenvalue weighted by Crippen LogP contribution is 2.36. The molecule has 0 saturated heterocycles. The molecule has 0 saturated carbocycles. The first-order valence-corrected chi connectivity index (χ1v) is 6.37. The number of fused-ring (bicyclic) bond motifs is 1. The molecule has 2 N–H and O–H groups in total. The zero-order valence-corrected chi connectivity index (χ0v) is 11.3. The van der Waals surface area contributed by atoms with E-state index < -0.39 is 0 Å². The van der Waals surface area contributed by atoms with Crippen LogP contribution in [0.1, 0.15) is 0 Å². The summed E-state index contributed by atoms with van der Waals surface area (Å²) in [4.78, 5) is 8.29. The third-order valence-corrected chi connectivity index (χ3v) is 3.76. The van der Waals surface area contributed by atoms with Crippen LogP contribution in [-0.4, -0.2) is 9.97 Å². The predicted octanol–water partition coefficient (Wildman–Crippen LogP) is 4.19. The molecule has 1 heterocycles. The molecule has 0 atom stereocenters. The number of nitrogens with two attached hydrogens (primary N) is 1. The van der Waals surface area contributed by atoms with E-state index in [-0.39, 0.29) is 0 Å². The number of hydrogen-bond acceptors (Lipinski definition) is 3. The van der Waals surface area contributed by atoms with Gasteiger partial charge in [0.15, 0.2) is 0 Å². The van der Waals surface area contributed by atoms with Crippen LogP contribution in [0.4, 0.5) is 5.82 Å². The third kappa shape index (κ3) is 2.01. The molecule has 0 radical (unpaired) electrons. The topological polar surface area (TPSA) is 51.8 Å². The fraction of sp³-hybridized carbons (Fsp3) is 0. The van der Waals surface area contributed by atoms with Crippen molar-refractivity contribution in [3.8, 4) is 11.1 Å². The Morgan fingerprint density at radius 3 is 2.47 bits per heavy atom. The van der Waals surface area contributed by atoms with Gasteiger partial charge in [0.1, 0.15) is 12.1 Å². The fourth-order valence-electron chi connectivity index (χ4n) is 2.04. The standard InChI is InChI=1S/C14H9Cl2N3/c15-11-6-2-3-8(12(11)16)9-4-1-5-10-13(9)18-7-19-14(10)17/h1-7H,(H2,17,18,19). The van der Waals surface area contributed by atoms with E-state index in [4.69, 9.17) is 28.9 Å².